The van der Waals surface area contributed by atoms with Crippen LogP contribution in [0.3, 0.4) is 0 Å². The van der Waals surface area contributed by atoms with Gasteiger partial charge < -0.3 is 5.73 Å². The minimum absolute atomic E-state index is 0.0997. The molecule has 4 heteroatoms. The summed E-state index contributed by atoms with van der Waals surface area (Å²) >= 11 is 0. The second kappa shape index (κ2) is 3.65. The molecule has 0 fully saturated rings. The van der Waals surface area contributed by atoms with Crippen LogP contribution in [0.2, 0.25) is 0 Å². The molecular weight excluding hydrogens is 195 g/mol. The molecule has 0 aliphatic heterocycles. The largest absolute Gasteiger partial charge is 0.369 e. The van der Waals surface area contributed by atoms with Crippen molar-refractivity contribution in [1.82, 2.24) is 4.98 Å². The van der Waals surface area contributed by atoms with Crippen molar-refractivity contribution in [2.75, 3.05) is 0 Å². The van der Waals surface area contributed by atoms with E-state index >= 15 is 0 Å². The van der Waals surface area contributed by atoms with Gasteiger partial charge in [0.1, 0.15) is 11.3 Å². The van der Waals surface area contributed by atoms with E-state index in [-0.39, 0.29) is 17.8 Å². The molecule has 0 spiro atoms. The minimum atomic E-state index is -0.438. The summed E-state index contributed by atoms with van der Waals surface area (Å²) in [5, 5.41) is 0.635. The number of aromatic nitrogens is 1. The molecule has 2 aromatic rings. The summed E-state index contributed by atoms with van der Waals surface area (Å²) in [5.74, 6) is -0.828. The molecule has 0 atom stereocenters. The van der Waals surface area contributed by atoms with E-state index in [4.69, 9.17) is 5.73 Å². The number of pyridine rings is 1. The van der Waals surface area contributed by atoms with E-state index in [1.54, 1.807) is 18.2 Å². The second-order valence-electron chi connectivity index (χ2n) is 3.25. The zero-order valence-electron chi connectivity index (χ0n) is 7.90. The molecule has 0 saturated carbocycles. The first-order chi connectivity index (χ1) is 7.18. The van der Waals surface area contributed by atoms with Crippen molar-refractivity contribution in [3.05, 3.63) is 41.8 Å². The zero-order chi connectivity index (χ0) is 10.8. The van der Waals surface area contributed by atoms with Crippen molar-refractivity contribution in [1.29, 1.82) is 0 Å². The summed E-state index contributed by atoms with van der Waals surface area (Å²) in [7, 11) is 0. The number of hydrogen-bond donors (Lipinski definition) is 1. The van der Waals surface area contributed by atoms with Crippen LogP contribution < -0.4 is 5.73 Å². The monoisotopic (exact) mass is 204 g/mol. The summed E-state index contributed by atoms with van der Waals surface area (Å²) in [6.07, 6.45) is 1.61. The van der Waals surface area contributed by atoms with E-state index in [0.29, 0.717) is 10.9 Å². The molecule has 0 aliphatic rings. The number of carbonyl (C=O) groups excluding carboxylic acids is 1. The van der Waals surface area contributed by atoms with Gasteiger partial charge in [0.15, 0.2) is 0 Å². The van der Waals surface area contributed by atoms with Crippen molar-refractivity contribution in [2.45, 2.75) is 6.42 Å². The van der Waals surface area contributed by atoms with Gasteiger partial charge in [0.2, 0.25) is 5.91 Å². The molecule has 76 valence electrons. The van der Waals surface area contributed by atoms with Crippen LogP contribution in [0.25, 0.3) is 10.9 Å². The van der Waals surface area contributed by atoms with Crippen molar-refractivity contribution in [2.24, 2.45) is 5.73 Å². The third-order valence-corrected chi connectivity index (χ3v) is 2.18. The van der Waals surface area contributed by atoms with E-state index in [9.17, 15) is 9.18 Å². The Kier molecular flexibility index (Phi) is 2.33. The van der Waals surface area contributed by atoms with Crippen molar-refractivity contribution in [3.63, 3.8) is 0 Å². The van der Waals surface area contributed by atoms with Crippen LogP contribution in [-0.4, -0.2) is 10.9 Å². The Hall–Kier alpha value is -1.97. The summed E-state index contributed by atoms with van der Waals surface area (Å²) < 4.78 is 13.3. The normalized spacial score (nSPS) is 10.5. The van der Waals surface area contributed by atoms with Gasteiger partial charge in [-0.15, -0.1) is 0 Å². The number of fused-ring (bicyclic) bond motifs is 1. The van der Waals surface area contributed by atoms with Crippen LogP contribution in [0.5, 0.6) is 0 Å². The van der Waals surface area contributed by atoms with Crippen LogP contribution in [0.15, 0.2) is 30.5 Å². The minimum Gasteiger partial charge on any atom is -0.369 e. The maximum absolute atomic E-state index is 13.3. The maximum atomic E-state index is 13.3. The third kappa shape index (κ3) is 1.79. The first kappa shape index (κ1) is 9.58. The van der Waals surface area contributed by atoms with Crippen LogP contribution >= 0.6 is 0 Å². The number of primary amides is 1. The number of nitrogens with two attached hydrogens (primary N) is 1. The molecule has 1 aromatic carbocycles. The van der Waals surface area contributed by atoms with Gasteiger partial charge in [0, 0.05) is 11.6 Å². The highest BCUT2D eigenvalue weighted by molar-refractivity contribution is 5.87. The van der Waals surface area contributed by atoms with E-state index < -0.39 is 5.91 Å². The maximum Gasteiger partial charge on any atom is 0.221 e. The van der Waals surface area contributed by atoms with Crippen molar-refractivity contribution >= 4 is 16.8 Å². The Morgan fingerprint density at radius 1 is 1.40 bits per heavy atom. The van der Waals surface area contributed by atoms with Gasteiger partial charge in [-0.25, -0.2) is 4.39 Å². The van der Waals surface area contributed by atoms with Crippen molar-refractivity contribution < 1.29 is 9.18 Å². The Morgan fingerprint density at radius 2 is 2.20 bits per heavy atom. The van der Waals surface area contributed by atoms with Gasteiger partial charge in [-0.1, -0.05) is 12.1 Å². The highest BCUT2D eigenvalue weighted by atomic mass is 19.1. The summed E-state index contributed by atoms with van der Waals surface area (Å²) in [6, 6.07) is 6.29. The molecule has 1 heterocycles. The number of carbonyl (C=O) groups is 1. The van der Waals surface area contributed by atoms with E-state index in [1.807, 2.05) is 0 Å². The predicted octanol–water partition coefficient (Wildman–Crippen LogP) is 1.40. The summed E-state index contributed by atoms with van der Waals surface area (Å²) in [5.41, 5.74) is 6.08. The number of hydrogen-bond acceptors (Lipinski definition) is 2. The predicted molar refractivity (Wildman–Crippen MR) is 54.6 cm³/mol. The highest BCUT2D eigenvalue weighted by Gasteiger charge is 2.07. The Bertz CT molecular complexity index is 525. The average Bonchev–Trinajstić information content (AvgIpc) is 2.22. The van der Waals surface area contributed by atoms with Crippen molar-refractivity contribution in [3.8, 4) is 0 Å². The molecule has 0 aliphatic carbocycles. The molecule has 0 unspecified atom stereocenters. The van der Waals surface area contributed by atoms with E-state index in [1.165, 1.54) is 12.3 Å². The molecule has 0 saturated heterocycles. The third-order valence-electron chi connectivity index (χ3n) is 2.18. The van der Waals surface area contributed by atoms with Gasteiger partial charge in [0.05, 0.1) is 6.42 Å². The van der Waals surface area contributed by atoms with Gasteiger partial charge in [0.25, 0.3) is 0 Å². The fraction of sp³-hybridized carbons (Fsp3) is 0.0909. The number of nitrogens with zero attached hydrogens (tertiary/aromatic N) is 1. The van der Waals surface area contributed by atoms with Gasteiger partial charge >= 0.3 is 0 Å². The van der Waals surface area contributed by atoms with E-state index in [2.05, 4.69) is 4.98 Å². The fourth-order valence-electron chi connectivity index (χ4n) is 1.54. The Balaban J connectivity index is 2.66. The molecule has 3 nitrogen and oxygen atoms in total. The quantitative estimate of drug-likeness (QED) is 0.803. The zero-order valence-corrected chi connectivity index (χ0v) is 7.90. The summed E-state index contributed by atoms with van der Waals surface area (Å²) in [6.45, 7) is 0. The lowest BCUT2D eigenvalue weighted by molar-refractivity contribution is -0.117. The lowest BCUT2D eigenvalue weighted by Crippen LogP contribution is -2.14. The molecule has 0 bridgehead atoms. The van der Waals surface area contributed by atoms with E-state index in [0.717, 1.165) is 0 Å². The lowest BCUT2D eigenvalue weighted by atomic mass is 10.1. The molecule has 1 amide bonds. The topological polar surface area (TPSA) is 56.0 Å². The molecule has 15 heavy (non-hydrogen) atoms. The van der Waals surface area contributed by atoms with Gasteiger partial charge in [-0.2, -0.15) is 0 Å². The Labute approximate surface area is 85.7 Å². The van der Waals surface area contributed by atoms with Crippen LogP contribution in [0.1, 0.15) is 5.56 Å². The fourth-order valence-corrected chi connectivity index (χ4v) is 1.54. The standard InChI is InChI=1S/C11H9FN2O/c12-9-4-3-7(6-10(13)15)8-2-1-5-14-11(8)9/h1-5H,6H2,(H2,13,15). The van der Waals surface area contributed by atoms with Gasteiger partial charge in [-0.05, 0) is 17.7 Å². The molecule has 1 aromatic heterocycles. The molecule has 2 rings (SSSR count). The first-order valence-electron chi connectivity index (χ1n) is 4.49. The smallest absolute Gasteiger partial charge is 0.221 e. The number of rotatable bonds is 2. The number of halogens is 1. The first-order valence-corrected chi connectivity index (χ1v) is 4.49. The van der Waals surface area contributed by atoms with Crippen LogP contribution in [0.4, 0.5) is 4.39 Å². The Morgan fingerprint density at radius 3 is 2.93 bits per heavy atom. The molecule has 2 N–H and O–H groups in total. The average molecular weight is 204 g/mol. The second-order valence-corrected chi connectivity index (χ2v) is 3.25. The SMILES string of the molecule is NC(=O)Cc1ccc(F)c2ncccc12. The van der Waals surface area contributed by atoms with Crippen LogP contribution in [-0.2, 0) is 11.2 Å². The lowest BCUT2D eigenvalue weighted by Gasteiger charge is -2.04. The number of benzene rings is 1. The molecule has 0 radical (unpaired) electrons. The number of amides is 1. The summed E-state index contributed by atoms with van der Waals surface area (Å²) in [4.78, 5) is 14.7. The highest BCUT2D eigenvalue weighted by Crippen LogP contribution is 2.19. The molecular formula is C11H9FN2O. The van der Waals surface area contributed by atoms with Crippen LogP contribution in [0, 0.1) is 5.82 Å². The van der Waals surface area contributed by atoms with Gasteiger partial charge in [-0.3, -0.25) is 9.78 Å².